The molecule has 1 saturated carbocycles. The number of hydrogen-bond donors (Lipinski definition) is 1. The van der Waals surface area contributed by atoms with Crippen molar-refractivity contribution in [3.8, 4) is 0 Å². The van der Waals surface area contributed by atoms with Gasteiger partial charge in [0, 0.05) is 0 Å². The summed E-state index contributed by atoms with van der Waals surface area (Å²) in [5.74, 6) is 0. The van der Waals surface area contributed by atoms with Crippen LogP contribution in [0.25, 0.3) is 0 Å². The molecule has 21 heavy (non-hydrogen) atoms. The Labute approximate surface area is 130 Å². The first-order valence-electron chi connectivity index (χ1n) is 8.50. The first-order chi connectivity index (χ1) is 10.1. The Kier molecular flexibility index (Phi) is 6.25. The van der Waals surface area contributed by atoms with Gasteiger partial charge in [0.15, 0.2) is 0 Å². The lowest BCUT2D eigenvalue weighted by Gasteiger charge is -2.35. The summed E-state index contributed by atoms with van der Waals surface area (Å²) < 4.78 is 6.23. The Hall–Kier alpha value is -0.860. The van der Waals surface area contributed by atoms with Crippen LogP contribution in [-0.2, 0) is 4.74 Å². The smallest absolute Gasteiger partial charge is 0.0665 e. The third-order valence-corrected chi connectivity index (χ3v) is 4.63. The summed E-state index contributed by atoms with van der Waals surface area (Å²) in [6.07, 6.45) is 6.60. The highest BCUT2D eigenvalue weighted by molar-refractivity contribution is 5.18. The third kappa shape index (κ3) is 5.44. The lowest BCUT2D eigenvalue weighted by Crippen LogP contribution is -2.31. The molecule has 0 bridgehead atoms. The summed E-state index contributed by atoms with van der Waals surface area (Å²) in [5, 5.41) is 3.62. The Bertz CT molecular complexity index is 391. The van der Waals surface area contributed by atoms with E-state index in [0.717, 1.165) is 19.6 Å². The van der Waals surface area contributed by atoms with Gasteiger partial charge in [0.25, 0.3) is 0 Å². The van der Waals surface area contributed by atoms with Crippen molar-refractivity contribution < 1.29 is 4.74 Å². The molecule has 2 nitrogen and oxygen atoms in total. The number of hydrogen-bond acceptors (Lipinski definition) is 2. The molecule has 1 aromatic carbocycles. The van der Waals surface area contributed by atoms with Crippen LogP contribution in [0.3, 0.4) is 0 Å². The maximum atomic E-state index is 6.23. The van der Waals surface area contributed by atoms with Crippen molar-refractivity contribution in [2.24, 2.45) is 5.41 Å². The average molecular weight is 289 g/mol. The van der Waals surface area contributed by atoms with Crippen molar-refractivity contribution >= 4 is 0 Å². The van der Waals surface area contributed by atoms with E-state index in [2.05, 4.69) is 56.4 Å². The third-order valence-electron chi connectivity index (χ3n) is 4.63. The average Bonchev–Trinajstić information content (AvgIpc) is 2.49. The first-order valence-corrected chi connectivity index (χ1v) is 8.50. The molecule has 0 heterocycles. The quantitative estimate of drug-likeness (QED) is 0.784. The molecule has 1 atom stereocenters. The van der Waals surface area contributed by atoms with Crippen LogP contribution in [0.2, 0.25) is 0 Å². The van der Waals surface area contributed by atoms with Gasteiger partial charge in [0.2, 0.25) is 0 Å². The van der Waals surface area contributed by atoms with Gasteiger partial charge < -0.3 is 10.1 Å². The fourth-order valence-corrected chi connectivity index (χ4v) is 3.05. The van der Waals surface area contributed by atoms with Gasteiger partial charge in [0.1, 0.15) is 0 Å². The van der Waals surface area contributed by atoms with Crippen LogP contribution in [0, 0.1) is 5.41 Å². The van der Waals surface area contributed by atoms with E-state index in [9.17, 15) is 0 Å². The van der Waals surface area contributed by atoms with Crippen LogP contribution in [0.1, 0.15) is 64.5 Å². The van der Waals surface area contributed by atoms with Gasteiger partial charge in [-0.15, -0.1) is 0 Å². The second-order valence-electron chi connectivity index (χ2n) is 7.11. The SMILES string of the molecule is CCCNC(COC1CCC(C)(C)CC1)c1ccccc1. The normalized spacial score (nSPS) is 20.3. The molecule has 0 radical (unpaired) electrons. The van der Waals surface area contributed by atoms with Crippen LogP contribution in [0.5, 0.6) is 0 Å². The van der Waals surface area contributed by atoms with Crippen molar-refractivity contribution in [1.82, 2.24) is 5.32 Å². The summed E-state index contributed by atoms with van der Waals surface area (Å²) in [5.41, 5.74) is 1.85. The predicted molar refractivity (Wildman–Crippen MR) is 89.5 cm³/mol. The Morgan fingerprint density at radius 1 is 1.19 bits per heavy atom. The van der Waals surface area contributed by atoms with Crippen molar-refractivity contribution in [2.75, 3.05) is 13.2 Å². The zero-order chi connectivity index (χ0) is 15.1. The van der Waals surface area contributed by atoms with Crippen LogP contribution >= 0.6 is 0 Å². The maximum Gasteiger partial charge on any atom is 0.0665 e. The molecule has 1 unspecified atom stereocenters. The number of benzene rings is 1. The molecule has 1 aromatic rings. The van der Waals surface area contributed by atoms with E-state index in [1.54, 1.807) is 0 Å². The molecule has 0 saturated heterocycles. The summed E-state index contributed by atoms with van der Waals surface area (Å²) >= 11 is 0. The second kappa shape index (κ2) is 7.95. The number of rotatable bonds is 7. The zero-order valence-corrected chi connectivity index (χ0v) is 13.9. The first kappa shape index (κ1) is 16.5. The maximum absolute atomic E-state index is 6.23. The van der Waals surface area contributed by atoms with Crippen molar-refractivity contribution in [3.05, 3.63) is 35.9 Å². The minimum absolute atomic E-state index is 0.320. The molecule has 0 spiro atoms. The van der Waals surface area contributed by atoms with Crippen LogP contribution < -0.4 is 5.32 Å². The van der Waals surface area contributed by atoms with E-state index in [0.29, 0.717) is 17.6 Å². The van der Waals surface area contributed by atoms with Crippen molar-refractivity contribution in [3.63, 3.8) is 0 Å². The van der Waals surface area contributed by atoms with E-state index in [4.69, 9.17) is 4.74 Å². The number of nitrogens with one attached hydrogen (secondary N) is 1. The molecule has 1 aliphatic carbocycles. The molecule has 1 fully saturated rings. The highest BCUT2D eigenvalue weighted by Gasteiger charge is 2.27. The lowest BCUT2D eigenvalue weighted by atomic mass is 9.76. The molecule has 1 N–H and O–H groups in total. The fourth-order valence-electron chi connectivity index (χ4n) is 3.05. The van der Waals surface area contributed by atoms with E-state index >= 15 is 0 Å². The fraction of sp³-hybridized carbons (Fsp3) is 0.684. The highest BCUT2D eigenvalue weighted by Crippen LogP contribution is 2.36. The second-order valence-corrected chi connectivity index (χ2v) is 7.11. The predicted octanol–water partition coefficient (Wildman–Crippen LogP) is 4.71. The van der Waals surface area contributed by atoms with E-state index in [1.165, 1.54) is 31.2 Å². The summed E-state index contributed by atoms with van der Waals surface area (Å²) in [4.78, 5) is 0. The molecular formula is C19H31NO. The summed E-state index contributed by atoms with van der Waals surface area (Å²) in [7, 11) is 0. The van der Waals surface area contributed by atoms with Gasteiger partial charge in [0.05, 0.1) is 18.8 Å². The molecule has 0 aliphatic heterocycles. The van der Waals surface area contributed by atoms with Gasteiger partial charge in [-0.1, -0.05) is 51.1 Å². The van der Waals surface area contributed by atoms with Gasteiger partial charge >= 0.3 is 0 Å². The van der Waals surface area contributed by atoms with E-state index in [1.807, 2.05) is 0 Å². The lowest BCUT2D eigenvalue weighted by molar-refractivity contribution is -0.00579. The zero-order valence-electron chi connectivity index (χ0n) is 13.9. The van der Waals surface area contributed by atoms with Gasteiger partial charge in [-0.2, -0.15) is 0 Å². The summed E-state index contributed by atoms with van der Waals surface area (Å²) in [6, 6.07) is 11.0. The minimum atomic E-state index is 0.320. The van der Waals surface area contributed by atoms with Crippen molar-refractivity contribution in [2.45, 2.75) is 65.0 Å². The molecule has 1 aliphatic rings. The van der Waals surface area contributed by atoms with E-state index in [-0.39, 0.29) is 0 Å². The number of ether oxygens (including phenoxy) is 1. The molecule has 0 aromatic heterocycles. The molecule has 2 heteroatoms. The van der Waals surface area contributed by atoms with Crippen LogP contribution in [-0.4, -0.2) is 19.3 Å². The Morgan fingerprint density at radius 3 is 2.48 bits per heavy atom. The standard InChI is InChI=1S/C19H31NO/c1-4-14-20-18(16-8-6-5-7-9-16)15-21-17-10-12-19(2,3)13-11-17/h5-9,17-18,20H,4,10-15H2,1-3H3. The Morgan fingerprint density at radius 2 is 1.86 bits per heavy atom. The highest BCUT2D eigenvalue weighted by atomic mass is 16.5. The molecular weight excluding hydrogens is 258 g/mol. The minimum Gasteiger partial charge on any atom is -0.376 e. The summed E-state index contributed by atoms with van der Waals surface area (Å²) in [6.45, 7) is 8.78. The van der Waals surface area contributed by atoms with Gasteiger partial charge in [-0.3, -0.25) is 0 Å². The van der Waals surface area contributed by atoms with E-state index < -0.39 is 0 Å². The monoisotopic (exact) mass is 289 g/mol. The van der Waals surface area contributed by atoms with Gasteiger partial charge in [-0.25, -0.2) is 0 Å². The van der Waals surface area contributed by atoms with Crippen LogP contribution in [0.4, 0.5) is 0 Å². The molecule has 118 valence electrons. The van der Waals surface area contributed by atoms with Crippen LogP contribution in [0.15, 0.2) is 30.3 Å². The molecule has 2 rings (SSSR count). The van der Waals surface area contributed by atoms with Crippen molar-refractivity contribution in [1.29, 1.82) is 0 Å². The largest absolute Gasteiger partial charge is 0.376 e. The topological polar surface area (TPSA) is 21.3 Å². The van der Waals surface area contributed by atoms with Gasteiger partial charge in [-0.05, 0) is 49.6 Å². The molecule has 0 amide bonds. The Balaban J connectivity index is 1.85.